The van der Waals surface area contributed by atoms with Gasteiger partial charge in [0.05, 0.1) is 11.7 Å². The number of pyridine rings is 1. The number of hydrogen-bond acceptors (Lipinski definition) is 5. The molecule has 0 saturated heterocycles. The van der Waals surface area contributed by atoms with Crippen molar-refractivity contribution < 1.29 is 4.79 Å². The zero-order chi connectivity index (χ0) is 15.4. The lowest BCUT2D eigenvalue weighted by Gasteiger charge is -2.18. The SMILES string of the molecule is O=C(N[C@@H](c1cccc(Cl)c1)c1ccccn1)c1csnn1. The fraction of sp³-hybridized carbons (Fsp3) is 0.0667. The molecule has 0 unspecified atom stereocenters. The first-order valence-electron chi connectivity index (χ1n) is 6.48. The number of carbonyl (C=O) groups is 1. The average Bonchev–Trinajstić information content (AvgIpc) is 3.08. The number of nitrogens with zero attached hydrogens (tertiary/aromatic N) is 3. The van der Waals surface area contributed by atoms with Crippen molar-refractivity contribution in [1.29, 1.82) is 0 Å². The average molecular weight is 331 g/mol. The third-order valence-corrected chi connectivity index (χ3v) is 3.77. The minimum absolute atomic E-state index is 0.285. The van der Waals surface area contributed by atoms with Crippen molar-refractivity contribution >= 4 is 29.0 Å². The first kappa shape index (κ1) is 14.6. The Morgan fingerprint density at radius 2 is 2.14 bits per heavy atom. The van der Waals surface area contributed by atoms with Crippen molar-refractivity contribution in [3.8, 4) is 0 Å². The molecule has 2 aromatic heterocycles. The third-order valence-electron chi connectivity index (χ3n) is 3.03. The summed E-state index contributed by atoms with van der Waals surface area (Å²) >= 11 is 7.19. The lowest BCUT2D eigenvalue weighted by molar-refractivity contribution is 0.0937. The van der Waals surface area contributed by atoms with Gasteiger partial charge in [0.2, 0.25) is 0 Å². The molecule has 1 atom stereocenters. The Morgan fingerprint density at radius 3 is 2.82 bits per heavy atom. The molecule has 0 spiro atoms. The molecule has 22 heavy (non-hydrogen) atoms. The van der Waals surface area contributed by atoms with Crippen LogP contribution in [0, 0.1) is 0 Å². The van der Waals surface area contributed by atoms with Crippen molar-refractivity contribution in [2.24, 2.45) is 0 Å². The zero-order valence-corrected chi connectivity index (χ0v) is 12.9. The molecule has 0 saturated carbocycles. The van der Waals surface area contributed by atoms with Crippen LogP contribution in [0.5, 0.6) is 0 Å². The summed E-state index contributed by atoms with van der Waals surface area (Å²) in [6, 6.07) is 12.5. The molecule has 7 heteroatoms. The third kappa shape index (κ3) is 3.29. The summed E-state index contributed by atoms with van der Waals surface area (Å²) in [5.74, 6) is -0.302. The number of benzene rings is 1. The van der Waals surface area contributed by atoms with Gasteiger partial charge in [-0.05, 0) is 41.4 Å². The van der Waals surface area contributed by atoms with E-state index in [0.29, 0.717) is 5.02 Å². The molecule has 1 aromatic carbocycles. The molecule has 0 aliphatic rings. The van der Waals surface area contributed by atoms with Gasteiger partial charge in [-0.2, -0.15) is 0 Å². The van der Waals surface area contributed by atoms with Crippen LogP contribution in [-0.2, 0) is 0 Å². The lowest BCUT2D eigenvalue weighted by atomic mass is 10.0. The van der Waals surface area contributed by atoms with Crippen molar-refractivity contribution in [2.45, 2.75) is 6.04 Å². The molecule has 0 aliphatic heterocycles. The van der Waals surface area contributed by atoms with Crippen LogP contribution >= 0.6 is 23.1 Å². The Bertz CT molecular complexity index is 764. The van der Waals surface area contributed by atoms with Gasteiger partial charge in [0, 0.05) is 16.6 Å². The maximum atomic E-state index is 12.3. The maximum Gasteiger partial charge on any atom is 0.273 e. The molecule has 3 rings (SSSR count). The van der Waals surface area contributed by atoms with Gasteiger partial charge in [0.1, 0.15) is 0 Å². The zero-order valence-electron chi connectivity index (χ0n) is 11.3. The predicted octanol–water partition coefficient (Wildman–Crippen LogP) is 3.11. The Hall–Kier alpha value is -2.31. The van der Waals surface area contributed by atoms with Crippen LogP contribution in [0.4, 0.5) is 0 Å². The van der Waals surface area contributed by atoms with Crippen molar-refractivity contribution in [2.75, 3.05) is 0 Å². The van der Waals surface area contributed by atoms with Gasteiger partial charge >= 0.3 is 0 Å². The second kappa shape index (κ2) is 6.64. The standard InChI is InChI=1S/C15H11ClN4OS/c16-11-5-3-4-10(8-11)14(12-6-1-2-7-17-12)18-15(21)13-9-22-20-19-13/h1-9,14H,(H,18,21)/t14-/m0/s1. The van der Waals surface area contributed by atoms with E-state index in [9.17, 15) is 4.79 Å². The first-order valence-corrected chi connectivity index (χ1v) is 7.70. The number of rotatable bonds is 4. The van der Waals surface area contributed by atoms with E-state index < -0.39 is 6.04 Å². The van der Waals surface area contributed by atoms with Crippen molar-refractivity contribution in [1.82, 2.24) is 19.9 Å². The number of aromatic nitrogens is 3. The second-order valence-electron chi connectivity index (χ2n) is 4.51. The summed E-state index contributed by atoms with van der Waals surface area (Å²) in [5.41, 5.74) is 1.86. The van der Waals surface area contributed by atoms with Gasteiger partial charge in [-0.3, -0.25) is 9.78 Å². The number of carbonyl (C=O) groups excluding carboxylic acids is 1. The van der Waals surface area contributed by atoms with E-state index in [2.05, 4.69) is 19.9 Å². The lowest BCUT2D eigenvalue weighted by Crippen LogP contribution is -2.30. The van der Waals surface area contributed by atoms with E-state index in [1.165, 1.54) is 0 Å². The summed E-state index contributed by atoms with van der Waals surface area (Å²) in [5, 5.41) is 8.91. The fourth-order valence-electron chi connectivity index (χ4n) is 2.03. The van der Waals surface area contributed by atoms with E-state index in [1.54, 1.807) is 23.7 Å². The van der Waals surface area contributed by atoms with Gasteiger partial charge in [0.15, 0.2) is 5.69 Å². The molecule has 3 aromatic rings. The molecule has 0 fully saturated rings. The Kier molecular flexibility index (Phi) is 4.41. The van der Waals surface area contributed by atoms with E-state index in [1.807, 2.05) is 30.3 Å². The molecular formula is C15H11ClN4OS. The molecule has 1 amide bonds. The van der Waals surface area contributed by atoms with Gasteiger partial charge in [0.25, 0.3) is 5.91 Å². The Balaban J connectivity index is 1.95. The number of halogens is 1. The molecule has 0 aliphatic carbocycles. The first-order chi connectivity index (χ1) is 10.7. The van der Waals surface area contributed by atoms with Gasteiger partial charge in [-0.25, -0.2) is 0 Å². The number of nitrogens with one attached hydrogen (secondary N) is 1. The topological polar surface area (TPSA) is 67.8 Å². The largest absolute Gasteiger partial charge is 0.338 e. The smallest absolute Gasteiger partial charge is 0.273 e. The predicted molar refractivity (Wildman–Crippen MR) is 84.9 cm³/mol. The summed E-state index contributed by atoms with van der Waals surface area (Å²) in [7, 11) is 0. The number of amides is 1. The summed E-state index contributed by atoms with van der Waals surface area (Å²) < 4.78 is 3.70. The number of hydrogen-bond donors (Lipinski definition) is 1. The minimum Gasteiger partial charge on any atom is -0.338 e. The molecule has 5 nitrogen and oxygen atoms in total. The van der Waals surface area contributed by atoms with Crippen molar-refractivity contribution in [3.05, 3.63) is 76.0 Å². The van der Waals surface area contributed by atoms with E-state index in [-0.39, 0.29) is 11.6 Å². The molecule has 110 valence electrons. The molecule has 2 heterocycles. The highest BCUT2D eigenvalue weighted by molar-refractivity contribution is 7.03. The highest BCUT2D eigenvalue weighted by atomic mass is 35.5. The van der Waals surface area contributed by atoms with Crippen LogP contribution in [0.3, 0.4) is 0 Å². The van der Waals surface area contributed by atoms with Gasteiger partial charge in [-0.15, -0.1) is 5.10 Å². The minimum atomic E-state index is -0.408. The van der Waals surface area contributed by atoms with E-state index in [4.69, 9.17) is 11.6 Å². The quantitative estimate of drug-likeness (QED) is 0.798. The Labute approximate surface area is 136 Å². The van der Waals surface area contributed by atoms with Crippen LogP contribution in [0.2, 0.25) is 5.02 Å². The van der Waals surface area contributed by atoms with Crippen molar-refractivity contribution in [3.63, 3.8) is 0 Å². The van der Waals surface area contributed by atoms with E-state index >= 15 is 0 Å². The highest BCUT2D eigenvalue weighted by Gasteiger charge is 2.20. The summed E-state index contributed by atoms with van der Waals surface area (Å²) in [4.78, 5) is 16.6. The van der Waals surface area contributed by atoms with E-state index in [0.717, 1.165) is 22.8 Å². The molecule has 1 N–H and O–H groups in total. The van der Waals surface area contributed by atoms with Crippen LogP contribution in [-0.4, -0.2) is 20.5 Å². The molecular weight excluding hydrogens is 320 g/mol. The normalized spacial score (nSPS) is 11.9. The fourth-order valence-corrected chi connectivity index (χ4v) is 2.66. The molecule has 0 radical (unpaired) electrons. The summed E-state index contributed by atoms with van der Waals surface area (Å²) in [6.45, 7) is 0. The monoisotopic (exact) mass is 330 g/mol. The summed E-state index contributed by atoms with van der Waals surface area (Å²) in [6.07, 6.45) is 1.68. The molecule has 0 bridgehead atoms. The van der Waals surface area contributed by atoms with Crippen LogP contribution in [0.15, 0.2) is 54.0 Å². The Morgan fingerprint density at radius 1 is 1.23 bits per heavy atom. The second-order valence-corrected chi connectivity index (χ2v) is 5.55. The highest BCUT2D eigenvalue weighted by Crippen LogP contribution is 2.23. The van der Waals surface area contributed by atoms with Crippen LogP contribution in [0.25, 0.3) is 0 Å². The van der Waals surface area contributed by atoms with Crippen LogP contribution in [0.1, 0.15) is 27.8 Å². The maximum absolute atomic E-state index is 12.3. The van der Waals surface area contributed by atoms with Gasteiger partial charge in [-0.1, -0.05) is 34.3 Å². The van der Waals surface area contributed by atoms with Gasteiger partial charge < -0.3 is 5.32 Å². The van der Waals surface area contributed by atoms with Crippen LogP contribution < -0.4 is 5.32 Å².